The molecule has 1 heterocycles. The number of carbonyl (C=O) groups is 2. The van der Waals surface area contributed by atoms with Gasteiger partial charge in [-0.15, -0.1) is 0 Å². The second-order valence-electron chi connectivity index (χ2n) is 4.31. The van der Waals surface area contributed by atoms with Crippen LogP contribution in [0.25, 0.3) is 0 Å². The third-order valence-corrected chi connectivity index (χ3v) is 4.33. The molecule has 0 radical (unpaired) electrons. The second-order valence-corrected chi connectivity index (χ2v) is 5.46. The second kappa shape index (κ2) is 6.13. The molecule has 0 spiro atoms. The van der Waals surface area contributed by atoms with Gasteiger partial charge in [-0.25, -0.2) is 4.79 Å². The van der Waals surface area contributed by atoms with Crippen molar-refractivity contribution in [2.75, 3.05) is 18.6 Å². The summed E-state index contributed by atoms with van der Waals surface area (Å²) in [6, 6.07) is -0.733. The van der Waals surface area contributed by atoms with Gasteiger partial charge in [0.05, 0.1) is 0 Å². The van der Waals surface area contributed by atoms with E-state index in [2.05, 4.69) is 0 Å². The fourth-order valence-corrected chi connectivity index (χ4v) is 2.90. The van der Waals surface area contributed by atoms with E-state index in [1.165, 1.54) is 24.0 Å². The zero-order valence-corrected chi connectivity index (χ0v) is 10.6. The summed E-state index contributed by atoms with van der Waals surface area (Å²) >= 11 is 1.88. The number of hydrogen-bond donors (Lipinski definition) is 1. The highest BCUT2D eigenvalue weighted by atomic mass is 32.2. The van der Waals surface area contributed by atoms with Crippen molar-refractivity contribution in [2.45, 2.75) is 32.2 Å². The molecule has 0 aliphatic carbocycles. The van der Waals surface area contributed by atoms with E-state index < -0.39 is 12.0 Å². The average molecular weight is 245 g/mol. The largest absolute Gasteiger partial charge is 0.480 e. The van der Waals surface area contributed by atoms with Crippen LogP contribution in [0.1, 0.15) is 26.2 Å². The summed E-state index contributed by atoms with van der Waals surface area (Å²) in [4.78, 5) is 23.9. The zero-order valence-electron chi connectivity index (χ0n) is 9.81. The summed E-state index contributed by atoms with van der Waals surface area (Å²) in [6.07, 6.45) is 2.75. The highest BCUT2D eigenvalue weighted by Crippen LogP contribution is 2.25. The smallest absolute Gasteiger partial charge is 0.326 e. The molecule has 16 heavy (non-hydrogen) atoms. The van der Waals surface area contributed by atoms with Crippen molar-refractivity contribution in [2.24, 2.45) is 5.92 Å². The fraction of sp³-hybridized carbons (Fsp3) is 0.818. The van der Waals surface area contributed by atoms with Crippen LogP contribution >= 0.6 is 11.8 Å². The van der Waals surface area contributed by atoms with Gasteiger partial charge >= 0.3 is 5.97 Å². The van der Waals surface area contributed by atoms with Crippen molar-refractivity contribution < 1.29 is 14.7 Å². The first-order valence-electron chi connectivity index (χ1n) is 5.58. The van der Waals surface area contributed by atoms with Crippen molar-refractivity contribution in [3.8, 4) is 0 Å². The van der Waals surface area contributed by atoms with E-state index in [1.54, 1.807) is 7.05 Å². The molecule has 1 saturated heterocycles. The first-order chi connectivity index (χ1) is 7.52. The van der Waals surface area contributed by atoms with Gasteiger partial charge in [0.15, 0.2) is 0 Å². The molecule has 92 valence electrons. The number of aliphatic carboxylic acids is 1. The number of amides is 1. The minimum absolute atomic E-state index is 0.0533. The predicted molar refractivity (Wildman–Crippen MR) is 64.5 cm³/mol. The van der Waals surface area contributed by atoms with Gasteiger partial charge in [-0.3, -0.25) is 4.79 Å². The molecular formula is C11H19NO3S. The molecule has 0 aromatic carbocycles. The number of nitrogens with zero attached hydrogens (tertiary/aromatic N) is 1. The molecule has 0 aromatic rings. The van der Waals surface area contributed by atoms with Crippen LogP contribution < -0.4 is 0 Å². The topological polar surface area (TPSA) is 57.6 Å². The molecule has 5 heteroatoms. The number of carboxylic acids is 1. The van der Waals surface area contributed by atoms with E-state index in [9.17, 15) is 9.59 Å². The van der Waals surface area contributed by atoms with Crippen LogP contribution in [-0.4, -0.2) is 46.5 Å². The van der Waals surface area contributed by atoms with Crippen molar-refractivity contribution in [1.82, 2.24) is 4.90 Å². The first kappa shape index (κ1) is 13.4. The quantitative estimate of drug-likeness (QED) is 0.814. The summed E-state index contributed by atoms with van der Waals surface area (Å²) in [7, 11) is 1.57. The minimum atomic E-state index is -0.950. The average Bonchev–Trinajstić information content (AvgIpc) is 2.28. The van der Waals surface area contributed by atoms with E-state index in [1.807, 2.05) is 11.8 Å². The van der Waals surface area contributed by atoms with Gasteiger partial charge in [0.2, 0.25) is 5.91 Å². The van der Waals surface area contributed by atoms with E-state index in [0.717, 1.165) is 12.2 Å². The van der Waals surface area contributed by atoms with Gasteiger partial charge in [0.25, 0.3) is 0 Å². The first-order valence-corrected chi connectivity index (χ1v) is 6.74. The Labute approximate surface area is 100 Å². The molecule has 1 N–H and O–H groups in total. The monoisotopic (exact) mass is 245 g/mol. The predicted octanol–water partition coefficient (Wildman–Crippen LogP) is 1.45. The van der Waals surface area contributed by atoms with E-state index in [4.69, 9.17) is 5.11 Å². The Morgan fingerprint density at radius 1 is 1.56 bits per heavy atom. The lowest BCUT2D eigenvalue weighted by atomic mass is 10.0. The van der Waals surface area contributed by atoms with Crippen molar-refractivity contribution in [3.05, 3.63) is 0 Å². The number of likely N-dealkylation sites (N-methyl/N-ethyl adjacent to an activating group) is 1. The maximum atomic E-state index is 11.8. The Hall–Kier alpha value is -0.710. The Bertz CT molecular complexity index is 264. The highest BCUT2D eigenvalue weighted by Gasteiger charge is 2.24. The number of thioether (sulfide) groups is 1. The van der Waals surface area contributed by atoms with Crippen LogP contribution in [0, 0.1) is 5.92 Å². The lowest BCUT2D eigenvalue weighted by molar-refractivity contribution is -0.148. The third-order valence-electron chi connectivity index (χ3n) is 3.05. The molecule has 1 amide bonds. The summed E-state index contributed by atoms with van der Waals surface area (Å²) in [5, 5.41) is 8.81. The summed E-state index contributed by atoms with van der Waals surface area (Å²) in [6.45, 7) is 1.54. The molecule has 0 saturated carbocycles. The third kappa shape index (κ3) is 3.70. The van der Waals surface area contributed by atoms with E-state index in [0.29, 0.717) is 12.3 Å². The van der Waals surface area contributed by atoms with Crippen LogP contribution in [0.2, 0.25) is 0 Å². The van der Waals surface area contributed by atoms with E-state index >= 15 is 0 Å². The summed E-state index contributed by atoms with van der Waals surface area (Å²) in [5.74, 6) is 1.64. The summed E-state index contributed by atoms with van der Waals surface area (Å²) < 4.78 is 0. The lowest BCUT2D eigenvalue weighted by Crippen LogP contribution is -2.41. The van der Waals surface area contributed by atoms with Crippen LogP contribution in [0.5, 0.6) is 0 Å². The molecule has 1 rings (SSSR count). The SMILES string of the molecule is CC(C(=O)O)N(C)C(=O)CC1CCCSC1. The molecule has 2 unspecified atom stereocenters. The maximum Gasteiger partial charge on any atom is 0.326 e. The zero-order chi connectivity index (χ0) is 12.1. The van der Waals surface area contributed by atoms with Crippen LogP contribution in [-0.2, 0) is 9.59 Å². The van der Waals surface area contributed by atoms with Gasteiger partial charge in [-0.1, -0.05) is 0 Å². The van der Waals surface area contributed by atoms with Gasteiger partial charge in [-0.2, -0.15) is 11.8 Å². The van der Waals surface area contributed by atoms with Crippen LogP contribution in [0.4, 0.5) is 0 Å². The lowest BCUT2D eigenvalue weighted by Gasteiger charge is -2.26. The molecule has 4 nitrogen and oxygen atoms in total. The van der Waals surface area contributed by atoms with Gasteiger partial charge in [-0.05, 0) is 37.2 Å². The molecule has 1 aliphatic rings. The summed E-state index contributed by atoms with van der Waals surface area (Å²) in [5.41, 5.74) is 0. The van der Waals surface area contributed by atoms with Gasteiger partial charge in [0, 0.05) is 13.5 Å². The Morgan fingerprint density at radius 2 is 2.25 bits per heavy atom. The molecule has 1 fully saturated rings. The van der Waals surface area contributed by atoms with Crippen molar-refractivity contribution >= 4 is 23.6 Å². The fourth-order valence-electron chi connectivity index (χ4n) is 1.74. The maximum absolute atomic E-state index is 11.8. The molecule has 0 bridgehead atoms. The van der Waals surface area contributed by atoms with Crippen molar-refractivity contribution in [3.63, 3.8) is 0 Å². The number of hydrogen-bond acceptors (Lipinski definition) is 3. The number of rotatable bonds is 4. The Kier molecular flexibility index (Phi) is 5.12. The molecule has 0 aromatic heterocycles. The molecule has 2 atom stereocenters. The highest BCUT2D eigenvalue weighted by molar-refractivity contribution is 7.99. The van der Waals surface area contributed by atoms with Gasteiger partial charge < -0.3 is 10.0 Å². The van der Waals surface area contributed by atoms with Gasteiger partial charge in [0.1, 0.15) is 6.04 Å². The normalized spacial score (nSPS) is 22.5. The molecule has 1 aliphatic heterocycles. The number of carbonyl (C=O) groups excluding carboxylic acids is 1. The standard InChI is InChI=1S/C11H19NO3S/c1-8(11(14)15)12(2)10(13)6-9-4-3-5-16-7-9/h8-9H,3-7H2,1-2H3,(H,14,15). The Balaban J connectivity index is 2.41. The molecular weight excluding hydrogens is 226 g/mol. The van der Waals surface area contributed by atoms with Crippen LogP contribution in [0.15, 0.2) is 0 Å². The minimum Gasteiger partial charge on any atom is -0.480 e. The number of carboxylic acid groups (broad SMARTS) is 1. The van der Waals surface area contributed by atoms with Crippen molar-refractivity contribution in [1.29, 1.82) is 0 Å². The van der Waals surface area contributed by atoms with E-state index in [-0.39, 0.29) is 5.91 Å². The van der Waals surface area contributed by atoms with Crippen LogP contribution in [0.3, 0.4) is 0 Å². The Morgan fingerprint density at radius 3 is 2.75 bits per heavy atom.